The molecule has 0 aliphatic heterocycles. The van der Waals surface area contributed by atoms with Crippen LogP contribution in [-0.4, -0.2) is 29.3 Å². The van der Waals surface area contributed by atoms with Gasteiger partial charge in [0.15, 0.2) is 0 Å². The molecule has 1 unspecified atom stereocenters. The molecule has 6 nitrogen and oxygen atoms in total. The van der Waals surface area contributed by atoms with Crippen molar-refractivity contribution in [2.45, 2.75) is 20.1 Å². The third-order valence-corrected chi connectivity index (χ3v) is 2.37. The van der Waals surface area contributed by atoms with Crippen LogP contribution in [0.25, 0.3) is 0 Å². The summed E-state index contributed by atoms with van der Waals surface area (Å²) in [6, 6.07) is 8.27. The molecule has 0 spiro atoms. The highest BCUT2D eigenvalue weighted by atomic mass is 16.7. The molecule has 0 aliphatic rings. The maximum absolute atomic E-state index is 11.9. The topological polar surface area (TPSA) is 89.9 Å². The van der Waals surface area contributed by atoms with Crippen molar-refractivity contribution in [1.82, 2.24) is 0 Å². The summed E-state index contributed by atoms with van der Waals surface area (Å²) in [5, 5.41) is 8.42. The number of ether oxygens (including phenoxy) is 2. The van der Waals surface area contributed by atoms with Crippen LogP contribution in [-0.2, 0) is 19.1 Å². The molecule has 0 aliphatic carbocycles. The summed E-state index contributed by atoms with van der Waals surface area (Å²) in [5.74, 6) is -3.06. The van der Waals surface area contributed by atoms with Crippen molar-refractivity contribution in [2.24, 2.45) is 5.92 Å². The molecule has 1 atom stereocenters. The largest absolute Gasteiger partial charge is 0.478 e. The van der Waals surface area contributed by atoms with Crippen molar-refractivity contribution in [1.29, 1.82) is 0 Å². The molecule has 0 amide bonds. The fourth-order valence-electron chi connectivity index (χ4n) is 1.34. The van der Waals surface area contributed by atoms with Gasteiger partial charge in [0.2, 0.25) is 6.29 Å². The van der Waals surface area contributed by atoms with E-state index in [1.54, 1.807) is 44.2 Å². The number of carboxylic acid groups (broad SMARTS) is 1. The molecular weight excluding hydrogens is 276 g/mol. The summed E-state index contributed by atoms with van der Waals surface area (Å²) < 4.78 is 10.0. The normalized spacial score (nSPS) is 12.1. The summed E-state index contributed by atoms with van der Waals surface area (Å²) in [4.78, 5) is 33.6. The maximum Gasteiger partial charge on any atom is 0.341 e. The van der Waals surface area contributed by atoms with E-state index in [1.165, 1.54) is 0 Å². The number of hydrogen-bond donors (Lipinski definition) is 1. The van der Waals surface area contributed by atoms with Crippen LogP contribution < -0.4 is 0 Å². The van der Waals surface area contributed by atoms with Crippen LogP contribution in [0.1, 0.15) is 24.2 Å². The Morgan fingerprint density at radius 1 is 1.05 bits per heavy atom. The van der Waals surface area contributed by atoms with Gasteiger partial charge in [-0.2, -0.15) is 0 Å². The van der Waals surface area contributed by atoms with E-state index in [9.17, 15) is 14.4 Å². The number of carboxylic acids is 1. The van der Waals surface area contributed by atoms with Crippen molar-refractivity contribution in [3.8, 4) is 0 Å². The van der Waals surface area contributed by atoms with Crippen LogP contribution in [0.3, 0.4) is 0 Å². The number of aliphatic carboxylic acids is 1. The smallest absolute Gasteiger partial charge is 0.341 e. The molecule has 0 heterocycles. The summed E-state index contributed by atoms with van der Waals surface area (Å²) in [6.07, 6.45) is 0.316. The molecule has 1 N–H and O–H groups in total. The van der Waals surface area contributed by atoms with E-state index in [4.69, 9.17) is 14.6 Å². The van der Waals surface area contributed by atoms with Gasteiger partial charge in [-0.25, -0.2) is 14.4 Å². The van der Waals surface area contributed by atoms with Crippen molar-refractivity contribution in [3.05, 3.63) is 48.0 Å². The lowest BCUT2D eigenvalue weighted by atomic mass is 10.2. The molecule has 112 valence electrons. The van der Waals surface area contributed by atoms with Gasteiger partial charge in [-0.1, -0.05) is 32.0 Å². The van der Waals surface area contributed by atoms with Gasteiger partial charge >= 0.3 is 17.9 Å². The Kier molecular flexibility index (Phi) is 6.13. The summed E-state index contributed by atoms with van der Waals surface area (Å²) in [6.45, 7) is 3.41. The predicted octanol–water partition coefficient (Wildman–Crippen LogP) is 2.01. The minimum Gasteiger partial charge on any atom is -0.478 e. The summed E-state index contributed by atoms with van der Waals surface area (Å²) >= 11 is 0. The molecule has 0 bridgehead atoms. The zero-order valence-corrected chi connectivity index (χ0v) is 11.7. The molecule has 0 fully saturated rings. The van der Waals surface area contributed by atoms with Gasteiger partial charge in [0.05, 0.1) is 5.56 Å². The average Bonchev–Trinajstić information content (AvgIpc) is 2.45. The number of carbonyl (C=O) groups is 3. The van der Waals surface area contributed by atoms with E-state index in [2.05, 4.69) is 0 Å². The molecular formula is C15H16O6. The maximum atomic E-state index is 11.9. The number of hydrogen-bond acceptors (Lipinski definition) is 5. The highest BCUT2D eigenvalue weighted by Gasteiger charge is 2.22. The van der Waals surface area contributed by atoms with E-state index < -0.39 is 24.2 Å². The van der Waals surface area contributed by atoms with E-state index in [0.717, 1.165) is 6.08 Å². The van der Waals surface area contributed by atoms with Crippen LogP contribution >= 0.6 is 0 Å². The highest BCUT2D eigenvalue weighted by Crippen LogP contribution is 2.12. The first kappa shape index (κ1) is 16.4. The fraction of sp³-hybridized carbons (Fsp3) is 0.267. The Morgan fingerprint density at radius 2 is 1.67 bits per heavy atom. The first-order valence-corrected chi connectivity index (χ1v) is 6.28. The lowest BCUT2D eigenvalue weighted by Gasteiger charge is -2.20. The number of rotatable bonds is 6. The second kappa shape index (κ2) is 7.84. The molecule has 21 heavy (non-hydrogen) atoms. The van der Waals surface area contributed by atoms with Gasteiger partial charge in [0.1, 0.15) is 0 Å². The lowest BCUT2D eigenvalue weighted by molar-refractivity contribution is -0.170. The Labute approximate surface area is 122 Å². The molecule has 1 rings (SSSR count). The molecule has 0 radical (unpaired) electrons. The van der Waals surface area contributed by atoms with Crippen molar-refractivity contribution < 1.29 is 29.0 Å². The van der Waals surface area contributed by atoms with E-state index in [1.807, 2.05) is 0 Å². The van der Waals surface area contributed by atoms with Crippen LogP contribution in [0.2, 0.25) is 0 Å². The minimum absolute atomic E-state index is 0.278. The zero-order valence-electron chi connectivity index (χ0n) is 11.7. The predicted molar refractivity (Wildman–Crippen MR) is 73.4 cm³/mol. The Balaban J connectivity index is 2.68. The fourth-order valence-corrected chi connectivity index (χ4v) is 1.34. The highest BCUT2D eigenvalue weighted by molar-refractivity contribution is 5.91. The minimum atomic E-state index is -1.27. The second-order valence-electron chi connectivity index (χ2n) is 4.49. The van der Waals surface area contributed by atoms with Crippen molar-refractivity contribution in [2.75, 3.05) is 0 Å². The molecule has 1 aromatic carbocycles. The summed E-state index contributed by atoms with van der Waals surface area (Å²) in [7, 11) is 0. The number of benzene rings is 1. The van der Waals surface area contributed by atoms with E-state index >= 15 is 0 Å². The number of carbonyl (C=O) groups excluding carboxylic acids is 2. The van der Waals surface area contributed by atoms with Gasteiger partial charge in [-0.3, -0.25) is 0 Å². The first-order valence-electron chi connectivity index (χ1n) is 6.28. The molecule has 0 saturated heterocycles. The summed E-state index contributed by atoms with van der Waals surface area (Å²) in [5.41, 5.74) is 0.334. The van der Waals surface area contributed by atoms with Crippen molar-refractivity contribution in [3.63, 3.8) is 0 Å². The number of esters is 2. The third-order valence-electron chi connectivity index (χ3n) is 2.37. The van der Waals surface area contributed by atoms with Crippen LogP contribution in [0.15, 0.2) is 42.5 Å². The van der Waals surface area contributed by atoms with Gasteiger partial charge < -0.3 is 14.6 Å². The second-order valence-corrected chi connectivity index (χ2v) is 4.49. The molecule has 0 saturated carbocycles. The van der Waals surface area contributed by atoms with E-state index in [0.29, 0.717) is 11.6 Å². The Morgan fingerprint density at radius 3 is 2.19 bits per heavy atom. The van der Waals surface area contributed by atoms with Crippen molar-refractivity contribution >= 4 is 17.9 Å². The van der Waals surface area contributed by atoms with Crippen LogP contribution in [0, 0.1) is 5.92 Å². The third kappa shape index (κ3) is 5.90. The standard InChI is InChI=1S/C15H16O6/c1-10(2)15(20-13(18)9-8-12(16)17)21-14(19)11-6-4-3-5-7-11/h3-10,15H,1-2H3,(H,16,17). The average molecular weight is 292 g/mol. The van der Waals surface area contributed by atoms with Gasteiger partial charge in [-0.15, -0.1) is 0 Å². The van der Waals surface area contributed by atoms with Gasteiger partial charge in [0, 0.05) is 18.1 Å². The van der Waals surface area contributed by atoms with Gasteiger partial charge in [0.25, 0.3) is 0 Å². The van der Waals surface area contributed by atoms with Crippen LogP contribution in [0.4, 0.5) is 0 Å². The van der Waals surface area contributed by atoms with Crippen LogP contribution in [0.5, 0.6) is 0 Å². The monoisotopic (exact) mass is 292 g/mol. The molecule has 0 aromatic heterocycles. The Hall–Kier alpha value is -2.63. The zero-order chi connectivity index (χ0) is 15.8. The SMILES string of the molecule is CC(C)C(OC(=O)C=CC(=O)O)OC(=O)c1ccccc1. The first-order chi connectivity index (χ1) is 9.90. The quantitative estimate of drug-likeness (QED) is 0.490. The van der Waals surface area contributed by atoms with E-state index in [-0.39, 0.29) is 5.92 Å². The molecule has 1 aromatic rings. The van der Waals surface area contributed by atoms with Gasteiger partial charge in [-0.05, 0) is 12.1 Å². The lowest BCUT2D eigenvalue weighted by Crippen LogP contribution is -2.28. The molecule has 6 heteroatoms. The Bertz CT molecular complexity index is 532.